The number of hydrogen-bond acceptors (Lipinski definition) is 2. The highest BCUT2D eigenvalue weighted by molar-refractivity contribution is 6.04. The van der Waals surface area contributed by atoms with Crippen molar-refractivity contribution in [2.75, 3.05) is 0 Å². The molecular weight excluding hydrogens is 296 g/mol. The summed E-state index contributed by atoms with van der Waals surface area (Å²) in [5.41, 5.74) is 3.15. The molecule has 118 valence electrons. The van der Waals surface area contributed by atoms with Crippen molar-refractivity contribution in [3.05, 3.63) is 107 Å². The van der Waals surface area contributed by atoms with Crippen LogP contribution in [-0.2, 0) is 0 Å². The van der Waals surface area contributed by atoms with Crippen LogP contribution >= 0.6 is 0 Å². The lowest BCUT2D eigenvalue weighted by molar-refractivity contribution is 0.0970. The van der Waals surface area contributed by atoms with Gasteiger partial charge in [-0.05, 0) is 18.1 Å². The second kappa shape index (κ2) is 7.05. The van der Waals surface area contributed by atoms with Crippen molar-refractivity contribution in [2.45, 2.75) is 12.8 Å². The van der Waals surface area contributed by atoms with E-state index in [0.717, 1.165) is 11.1 Å². The first-order valence-electron chi connectivity index (χ1n) is 7.92. The van der Waals surface area contributed by atoms with Gasteiger partial charge in [-0.25, -0.2) is 0 Å². The third kappa shape index (κ3) is 3.33. The Morgan fingerprint density at radius 3 is 1.46 bits per heavy atom. The fourth-order valence-electron chi connectivity index (χ4n) is 2.82. The molecule has 0 aliphatic carbocycles. The van der Waals surface area contributed by atoms with Gasteiger partial charge in [0.05, 0.1) is 5.92 Å². The number of carbonyl (C=O) groups is 2. The highest BCUT2D eigenvalue weighted by Gasteiger charge is 2.23. The molecule has 0 bridgehead atoms. The number of hydrogen-bond donors (Lipinski definition) is 0. The molecular formula is C22H18O2. The Kier molecular flexibility index (Phi) is 4.66. The predicted molar refractivity (Wildman–Crippen MR) is 95.5 cm³/mol. The van der Waals surface area contributed by atoms with E-state index >= 15 is 0 Å². The lowest BCUT2D eigenvalue weighted by Gasteiger charge is -2.17. The molecule has 0 heterocycles. The van der Waals surface area contributed by atoms with E-state index in [2.05, 4.69) is 0 Å². The van der Waals surface area contributed by atoms with Gasteiger partial charge in [-0.2, -0.15) is 0 Å². The van der Waals surface area contributed by atoms with Crippen molar-refractivity contribution in [1.29, 1.82) is 0 Å². The van der Waals surface area contributed by atoms with Crippen LogP contribution in [0, 0.1) is 0 Å². The van der Waals surface area contributed by atoms with Crippen LogP contribution in [0.25, 0.3) is 0 Å². The SMILES string of the molecule is CC(=O)c1ccc(C(=O)C(c2ccccc2)c2ccccc2)cc1. The molecule has 0 fully saturated rings. The molecule has 0 aliphatic heterocycles. The number of rotatable bonds is 5. The van der Waals surface area contributed by atoms with E-state index in [9.17, 15) is 9.59 Å². The van der Waals surface area contributed by atoms with Gasteiger partial charge in [-0.15, -0.1) is 0 Å². The van der Waals surface area contributed by atoms with Crippen LogP contribution in [-0.4, -0.2) is 11.6 Å². The maximum Gasteiger partial charge on any atom is 0.174 e. The smallest absolute Gasteiger partial charge is 0.174 e. The van der Waals surface area contributed by atoms with E-state index in [-0.39, 0.29) is 17.5 Å². The molecule has 0 aliphatic rings. The van der Waals surface area contributed by atoms with Crippen LogP contribution in [0.2, 0.25) is 0 Å². The van der Waals surface area contributed by atoms with E-state index in [1.807, 2.05) is 60.7 Å². The minimum Gasteiger partial charge on any atom is -0.295 e. The van der Waals surface area contributed by atoms with E-state index in [4.69, 9.17) is 0 Å². The predicted octanol–water partition coefficient (Wildman–Crippen LogP) is 4.90. The quantitative estimate of drug-likeness (QED) is 0.627. The highest BCUT2D eigenvalue weighted by atomic mass is 16.1. The maximum absolute atomic E-state index is 13.1. The van der Waals surface area contributed by atoms with Gasteiger partial charge in [0.15, 0.2) is 11.6 Å². The third-order valence-electron chi connectivity index (χ3n) is 4.10. The summed E-state index contributed by atoms with van der Waals surface area (Å²) in [6, 6.07) is 26.4. The zero-order valence-corrected chi connectivity index (χ0v) is 13.5. The average molecular weight is 314 g/mol. The fourth-order valence-corrected chi connectivity index (χ4v) is 2.82. The number of ketones is 2. The van der Waals surface area contributed by atoms with Crippen LogP contribution in [0.1, 0.15) is 44.7 Å². The van der Waals surface area contributed by atoms with Crippen LogP contribution in [0.3, 0.4) is 0 Å². The minimum atomic E-state index is -0.351. The van der Waals surface area contributed by atoms with Crippen LogP contribution in [0.5, 0.6) is 0 Å². The fraction of sp³-hybridized carbons (Fsp3) is 0.0909. The zero-order valence-electron chi connectivity index (χ0n) is 13.5. The molecule has 0 spiro atoms. The van der Waals surface area contributed by atoms with Gasteiger partial charge in [0, 0.05) is 11.1 Å². The first-order valence-corrected chi connectivity index (χ1v) is 7.92. The molecule has 0 unspecified atom stereocenters. The molecule has 0 amide bonds. The van der Waals surface area contributed by atoms with E-state index in [1.165, 1.54) is 6.92 Å². The van der Waals surface area contributed by atoms with Crippen molar-refractivity contribution >= 4 is 11.6 Å². The summed E-state index contributed by atoms with van der Waals surface area (Å²) < 4.78 is 0. The van der Waals surface area contributed by atoms with Crippen molar-refractivity contribution < 1.29 is 9.59 Å². The Hall–Kier alpha value is -3.00. The topological polar surface area (TPSA) is 34.1 Å². The van der Waals surface area contributed by atoms with Crippen LogP contribution in [0.15, 0.2) is 84.9 Å². The molecule has 24 heavy (non-hydrogen) atoms. The lowest BCUT2D eigenvalue weighted by Crippen LogP contribution is -2.14. The number of carbonyl (C=O) groups excluding carboxylic acids is 2. The van der Waals surface area contributed by atoms with Crippen molar-refractivity contribution in [3.8, 4) is 0 Å². The zero-order chi connectivity index (χ0) is 16.9. The molecule has 0 N–H and O–H groups in total. The minimum absolute atomic E-state index is 0.00309. The molecule has 0 saturated carbocycles. The molecule has 0 radical (unpaired) electrons. The molecule has 2 heteroatoms. The molecule has 3 aromatic carbocycles. The Labute approximate surface area is 141 Å². The second-order valence-electron chi connectivity index (χ2n) is 5.75. The largest absolute Gasteiger partial charge is 0.295 e. The average Bonchev–Trinajstić information content (AvgIpc) is 2.64. The Morgan fingerprint density at radius 2 is 1.04 bits per heavy atom. The van der Waals surface area contributed by atoms with Crippen molar-refractivity contribution in [1.82, 2.24) is 0 Å². The Bertz CT molecular complexity index is 795. The van der Waals surface area contributed by atoms with Gasteiger partial charge in [-0.3, -0.25) is 9.59 Å². The molecule has 3 rings (SSSR count). The summed E-state index contributed by atoms with van der Waals surface area (Å²) in [6.07, 6.45) is 0. The maximum atomic E-state index is 13.1. The Morgan fingerprint density at radius 1 is 0.625 bits per heavy atom. The monoisotopic (exact) mass is 314 g/mol. The summed E-state index contributed by atoms with van der Waals surface area (Å²) in [7, 11) is 0. The molecule has 2 nitrogen and oxygen atoms in total. The van der Waals surface area contributed by atoms with Crippen molar-refractivity contribution in [2.24, 2.45) is 0 Å². The molecule has 0 aromatic heterocycles. The van der Waals surface area contributed by atoms with Gasteiger partial charge in [0.1, 0.15) is 0 Å². The van der Waals surface area contributed by atoms with Gasteiger partial charge in [0.2, 0.25) is 0 Å². The van der Waals surface area contributed by atoms with Gasteiger partial charge >= 0.3 is 0 Å². The van der Waals surface area contributed by atoms with Gasteiger partial charge in [0.25, 0.3) is 0 Å². The first kappa shape index (κ1) is 15.9. The Balaban J connectivity index is 2.02. The molecule has 0 saturated heterocycles. The van der Waals surface area contributed by atoms with E-state index < -0.39 is 0 Å². The summed E-state index contributed by atoms with van der Waals surface area (Å²) >= 11 is 0. The second-order valence-corrected chi connectivity index (χ2v) is 5.75. The third-order valence-corrected chi connectivity index (χ3v) is 4.10. The number of benzene rings is 3. The number of Topliss-reactive ketones (excluding diaryl/α,β-unsaturated/α-hetero) is 2. The van der Waals surface area contributed by atoms with Gasteiger partial charge < -0.3 is 0 Å². The van der Waals surface area contributed by atoms with Crippen LogP contribution in [0.4, 0.5) is 0 Å². The first-order chi connectivity index (χ1) is 11.7. The van der Waals surface area contributed by atoms with E-state index in [1.54, 1.807) is 24.3 Å². The molecule has 3 aromatic rings. The van der Waals surface area contributed by atoms with Crippen LogP contribution < -0.4 is 0 Å². The molecule has 0 atom stereocenters. The van der Waals surface area contributed by atoms with Crippen molar-refractivity contribution in [3.63, 3.8) is 0 Å². The lowest BCUT2D eigenvalue weighted by atomic mass is 9.84. The van der Waals surface area contributed by atoms with Gasteiger partial charge in [-0.1, -0.05) is 84.9 Å². The highest BCUT2D eigenvalue weighted by Crippen LogP contribution is 2.28. The summed E-state index contributed by atoms with van der Waals surface area (Å²) in [5, 5.41) is 0. The summed E-state index contributed by atoms with van der Waals surface area (Å²) in [5.74, 6) is -0.324. The summed E-state index contributed by atoms with van der Waals surface area (Å²) in [6.45, 7) is 1.52. The van der Waals surface area contributed by atoms with E-state index in [0.29, 0.717) is 11.1 Å². The normalized spacial score (nSPS) is 10.6. The summed E-state index contributed by atoms with van der Waals surface area (Å²) in [4.78, 5) is 24.6. The standard InChI is InChI=1S/C22H18O2/c1-16(23)17-12-14-20(15-13-17)22(24)21(18-8-4-2-5-9-18)19-10-6-3-7-11-19/h2-15,21H,1H3.